The maximum absolute atomic E-state index is 12.5. The van der Waals surface area contributed by atoms with Crippen LogP contribution in [0.4, 0.5) is 11.4 Å². The van der Waals surface area contributed by atoms with Gasteiger partial charge in [0.2, 0.25) is 0 Å². The van der Waals surface area contributed by atoms with Gasteiger partial charge in [-0.3, -0.25) is 9.79 Å². The standard InChI is InChI=1S/C19H19N3O3S2/c1-12-4-2-6-14(8-12)20-18(23)13-5-3-7-15(9-13)21-19-22-16-10-27(24,25)11-17(16)26-19/h2-9,16-17H,10-11H2,1H3,(H,20,23)(H,21,22)/t16-,17-/m0/s1. The van der Waals surface area contributed by atoms with Crippen LogP contribution in [0, 0.1) is 6.92 Å². The van der Waals surface area contributed by atoms with Crippen molar-refractivity contribution in [2.75, 3.05) is 22.1 Å². The molecule has 2 aliphatic heterocycles. The zero-order chi connectivity index (χ0) is 19.0. The summed E-state index contributed by atoms with van der Waals surface area (Å²) in [6, 6.07) is 14.6. The summed E-state index contributed by atoms with van der Waals surface area (Å²) >= 11 is 1.46. The van der Waals surface area contributed by atoms with E-state index in [0.717, 1.165) is 16.9 Å². The molecule has 2 heterocycles. The molecule has 2 N–H and O–H groups in total. The van der Waals surface area contributed by atoms with Gasteiger partial charge in [0.05, 0.1) is 17.5 Å². The molecule has 6 nitrogen and oxygen atoms in total. The molecule has 0 bridgehead atoms. The number of nitrogens with one attached hydrogen (secondary N) is 2. The van der Waals surface area contributed by atoms with Gasteiger partial charge < -0.3 is 10.6 Å². The van der Waals surface area contributed by atoms with Crippen molar-refractivity contribution in [3.8, 4) is 0 Å². The largest absolute Gasteiger partial charge is 0.335 e. The summed E-state index contributed by atoms with van der Waals surface area (Å²) in [5.41, 5.74) is 3.11. The number of aliphatic imine (C=N–C) groups is 1. The summed E-state index contributed by atoms with van der Waals surface area (Å²) in [5, 5.41) is 6.79. The summed E-state index contributed by atoms with van der Waals surface area (Å²) in [6.07, 6.45) is 0. The maximum Gasteiger partial charge on any atom is 0.255 e. The van der Waals surface area contributed by atoms with Crippen LogP contribution in [-0.4, -0.2) is 42.3 Å². The third kappa shape index (κ3) is 4.17. The number of benzene rings is 2. The number of rotatable bonds is 3. The summed E-state index contributed by atoms with van der Waals surface area (Å²) in [5.74, 6) is 0.110. The first-order valence-electron chi connectivity index (χ1n) is 8.58. The number of nitrogens with zero attached hydrogens (tertiary/aromatic N) is 1. The van der Waals surface area contributed by atoms with Crippen LogP contribution < -0.4 is 10.6 Å². The lowest BCUT2D eigenvalue weighted by Gasteiger charge is -2.10. The van der Waals surface area contributed by atoms with E-state index in [9.17, 15) is 13.2 Å². The second-order valence-corrected chi connectivity index (χ2v) is 10.1. The van der Waals surface area contributed by atoms with E-state index in [1.165, 1.54) is 11.8 Å². The van der Waals surface area contributed by atoms with Gasteiger partial charge in [0.1, 0.15) is 0 Å². The topological polar surface area (TPSA) is 87.6 Å². The molecular formula is C19H19N3O3S2. The monoisotopic (exact) mass is 401 g/mol. The third-order valence-corrected chi connectivity index (χ3v) is 7.61. The molecule has 0 radical (unpaired) electrons. The van der Waals surface area contributed by atoms with Gasteiger partial charge in [0.15, 0.2) is 15.0 Å². The lowest BCUT2D eigenvalue weighted by atomic mass is 10.1. The second-order valence-electron chi connectivity index (χ2n) is 6.76. The zero-order valence-corrected chi connectivity index (χ0v) is 16.3. The Bertz CT molecular complexity index is 1030. The predicted octanol–water partition coefficient (Wildman–Crippen LogP) is 2.93. The number of sulfone groups is 1. The molecule has 4 rings (SSSR count). The van der Waals surface area contributed by atoms with Crippen LogP contribution in [0.5, 0.6) is 0 Å². The van der Waals surface area contributed by atoms with E-state index in [1.54, 1.807) is 18.2 Å². The number of carbonyl (C=O) groups excluding carboxylic acids is 1. The van der Waals surface area contributed by atoms with Crippen molar-refractivity contribution < 1.29 is 13.2 Å². The first-order valence-corrected chi connectivity index (χ1v) is 11.3. The van der Waals surface area contributed by atoms with Crippen LogP contribution in [0.25, 0.3) is 0 Å². The Morgan fingerprint density at radius 3 is 2.67 bits per heavy atom. The fraction of sp³-hybridized carbons (Fsp3) is 0.263. The molecule has 0 saturated carbocycles. The molecule has 0 unspecified atom stereocenters. The van der Waals surface area contributed by atoms with Crippen molar-refractivity contribution in [1.82, 2.24) is 0 Å². The van der Waals surface area contributed by atoms with Crippen LogP contribution in [-0.2, 0) is 9.84 Å². The van der Waals surface area contributed by atoms with E-state index in [2.05, 4.69) is 15.6 Å². The molecule has 0 aliphatic carbocycles. The number of carbonyl (C=O) groups is 1. The van der Waals surface area contributed by atoms with Gasteiger partial charge in [-0.25, -0.2) is 8.42 Å². The summed E-state index contributed by atoms with van der Waals surface area (Å²) in [7, 11) is -2.96. The zero-order valence-electron chi connectivity index (χ0n) is 14.7. The van der Waals surface area contributed by atoms with Crippen LogP contribution in [0.3, 0.4) is 0 Å². The van der Waals surface area contributed by atoms with E-state index in [-0.39, 0.29) is 28.7 Å². The summed E-state index contributed by atoms with van der Waals surface area (Å²) in [6.45, 7) is 1.97. The van der Waals surface area contributed by atoms with E-state index in [1.807, 2.05) is 37.3 Å². The fourth-order valence-corrected chi connectivity index (χ4v) is 6.88. The second kappa shape index (κ2) is 7.01. The summed E-state index contributed by atoms with van der Waals surface area (Å²) in [4.78, 5) is 17.0. The number of aryl methyl sites for hydroxylation is 1. The molecule has 2 aliphatic rings. The van der Waals surface area contributed by atoms with E-state index in [4.69, 9.17) is 0 Å². The van der Waals surface area contributed by atoms with Crippen molar-refractivity contribution in [1.29, 1.82) is 0 Å². The van der Waals surface area contributed by atoms with Crippen molar-refractivity contribution in [2.24, 2.45) is 4.99 Å². The van der Waals surface area contributed by atoms with Crippen molar-refractivity contribution in [2.45, 2.75) is 18.2 Å². The van der Waals surface area contributed by atoms with Crippen molar-refractivity contribution >= 4 is 44.0 Å². The molecule has 140 valence electrons. The minimum atomic E-state index is -2.96. The number of amides is 1. The lowest BCUT2D eigenvalue weighted by Crippen LogP contribution is -2.14. The normalized spacial score (nSPS) is 22.8. The van der Waals surface area contributed by atoms with Gasteiger partial charge in [-0.15, -0.1) is 0 Å². The molecule has 1 amide bonds. The molecule has 2 aromatic carbocycles. The Morgan fingerprint density at radius 2 is 1.89 bits per heavy atom. The fourth-order valence-electron chi connectivity index (χ4n) is 3.20. The van der Waals surface area contributed by atoms with Gasteiger partial charge in [-0.05, 0) is 42.8 Å². The minimum absolute atomic E-state index is 0.00898. The molecule has 2 atom stereocenters. The molecule has 0 spiro atoms. The highest BCUT2D eigenvalue weighted by Gasteiger charge is 2.42. The molecule has 8 heteroatoms. The average molecular weight is 402 g/mol. The summed E-state index contributed by atoms with van der Waals surface area (Å²) < 4.78 is 23.3. The van der Waals surface area contributed by atoms with E-state index in [0.29, 0.717) is 10.7 Å². The van der Waals surface area contributed by atoms with Crippen LogP contribution in [0.1, 0.15) is 15.9 Å². The van der Waals surface area contributed by atoms with Crippen LogP contribution in [0.15, 0.2) is 53.5 Å². The molecular weight excluding hydrogens is 382 g/mol. The number of thioether (sulfide) groups is 1. The Balaban J connectivity index is 1.45. The molecule has 1 saturated heterocycles. The maximum atomic E-state index is 12.5. The van der Waals surface area contributed by atoms with Gasteiger partial charge in [-0.1, -0.05) is 30.0 Å². The van der Waals surface area contributed by atoms with Gasteiger partial charge in [-0.2, -0.15) is 0 Å². The quantitative estimate of drug-likeness (QED) is 0.826. The van der Waals surface area contributed by atoms with Crippen molar-refractivity contribution in [3.05, 3.63) is 59.7 Å². The smallest absolute Gasteiger partial charge is 0.255 e. The van der Waals surface area contributed by atoms with E-state index >= 15 is 0 Å². The predicted molar refractivity (Wildman–Crippen MR) is 110 cm³/mol. The Labute approximate surface area is 162 Å². The van der Waals surface area contributed by atoms with Gasteiger partial charge in [0.25, 0.3) is 5.91 Å². The van der Waals surface area contributed by atoms with E-state index < -0.39 is 9.84 Å². The molecule has 0 aromatic heterocycles. The number of anilines is 2. The van der Waals surface area contributed by atoms with Crippen LogP contribution >= 0.6 is 11.8 Å². The number of hydrogen-bond acceptors (Lipinski definition) is 6. The molecule has 27 heavy (non-hydrogen) atoms. The highest BCUT2D eigenvalue weighted by molar-refractivity contribution is 8.15. The lowest BCUT2D eigenvalue weighted by molar-refractivity contribution is 0.102. The highest BCUT2D eigenvalue weighted by atomic mass is 32.2. The molecule has 1 fully saturated rings. The Morgan fingerprint density at radius 1 is 1.11 bits per heavy atom. The third-order valence-electron chi connectivity index (χ3n) is 4.47. The Hall–Kier alpha value is -2.32. The number of fused-ring (bicyclic) bond motifs is 1. The van der Waals surface area contributed by atoms with Gasteiger partial charge in [0, 0.05) is 22.2 Å². The Kier molecular flexibility index (Phi) is 4.69. The molecule has 2 aromatic rings. The first kappa shape index (κ1) is 18.1. The SMILES string of the molecule is Cc1cccc(NC(=O)c2cccc(NC3=N[C@H]4CS(=O)(=O)C[C@@H]4S3)c2)c1. The highest BCUT2D eigenvalue weighted by Crippen LogP contribution is 2.34. The minimum Gasteiger partial charge on any atom is -0.335 e. The first-order chi connectivity index (χ1) is 12.9. The average Bonchev–Trinajstić information content (AvgIpc) is 3.07. The number of amidine groups is 1. The number of hydrogen-bond donors (Lipinski definition) is 2. The van der Waals surface area contributed by atoms with Gasteiger partial charge >= 0.3 is 0 Å². The van der Waals surface area contributed by atoms with Crippen molar-refractivity contribution in [3.63, 3.8) is 0 Å². The van der Waals surface area contributed by atoms with Crippen LogP contribution in [0.2, 0.25) is 0 Å².